The number of non-ortho nitro benzene ring substituents is 1. The quantitative estimate of drug-likeness (QED) is 0.271. The summed E-state index contributed by atoms with van der Waals surface area (Å²) in [6, 6.07) is 15.2. The van der Waals surface area contributed by atoms with Crippen molar-refractivity contribution in [3.63, 3.8) is 0 Å². The third kappa shape index (κ3) is 5.93. The van der Waals surface area contributed by atoms with Gasteiger partial charge < -0.3 is 9.47 Å². The fourth-order valence-electron chi connectivity index (χ4n) is 3.68. The minimum Gasteiger partial charge on any atom is -0.316 e. The topological polar surface area (TPSA) is 63.7 Å². The smallest absolute Gasteiger partial charge is 0.270 e. The van der Waals surface area contributed by atoms with Gasteiger partial charge in [0.05, 0.1) is 16.3 Å². The van der Waals surface area contributed by atoms with Crippen molar-refractivity contribution in [2.45, 2.75) is 46.6 Å². The normalized spacial score (nSPS) is 12.1. The Morgan fingerprint density at radius 3 is 2.47 bits per heavy atom. The largest absolute Gasteiger partial charge is 0.316 e. The first-order valence-corrected chi connectivity index (χ1v) is 12.1. The van der Waals surface area contributed by atoms with E-state index in [2.05, 4.69) is 66.8 Å². The van der Waals surface area contributed by atoms with Gasteiger partial charge in [0.2, 0.25) is 0 Å². The summed E-state index contributed by atoms with van der Waals surface area (Å²) >= 11 is 1.57. The highest BCUT2D eigenvalue weighted by Crippen LogP contribution is 2.25. The molecule has 0 radical (unpaired) electrons. The van der Waals surface area contributed by atoms with E-state index in [-0.39, 0.29) is 10.6 Å². The predicted molar refractivity (Wildman–Crippen MR) is 133 cm³/mol. The van der Waals surface area contributed by atoms with Gasteiger partial charge in [-0.3, -0.25) is 10.1 Å². The molecule has 0 aliphatic rings. The maximum atomic E-state index is 11.3. The van der Waals surface area contributed by atoms with Crippen molar-refractivity contribution in [2.75, 3.05) is 19.6 Å². The Morgan fingerprint density at radius 2 is 1.84 bits per heavy atom. The van der Waals surface area contributed by atoms with Crippen LogP contribution in [0.4, 0.5) is 11.4 Å². The van der Waals surface area contributed by atoms with E-state index in [0.29, 0.717) is 5.92 Å². The van der Waals surface area contributed by atoms with Crippen LogP contribution in [-0.2, 0) is 6.54 Å². The Morgan fingerprint density at radius 1 is 1.12 bits per heavy atom. The maximum absolute atomic E-state index is 11.3. The van der Waals surface area contributed by atoms with Crippen LogP contribution in [0.5, 0.6) is 0 Å². The number of benzene rings is 2. The van der Waals surface area contributed by atoms with E-state index in [1.165, 1.54) is 11.6 Å². The molecule has 0 saturated carbocycles. The number of thiazole rings is 1. The van der Waals surface area contributed by atoms with Gasteiger partial charge in [-0.25, -0.2) is 4.99 Å². The fraction of sp³-hybridized carbons (Fsp3) is 0.400. The van der Waals surface area contributed by atoms with Crippen LogP contribution in [0, 0.1) is 10.1 Å². The zero-order valence-electron chi connectivity index (χ0n) is 19.3. The van der Waals surface area contributed by atoms with Crippen LogP contribution in [0.1, 0.15) is 45.6 Å². The van der Waals surface area contributed by atoms with Gasteiger partial charge in [-0.2, -0.15) is 0 Å². The summed E-state index contributed by atoms with van der Waals surface area (Å²) in [5.74, 6) is 0.483. The Bertz CT molecular complexity index is 1100. The first-order chi connectivity index (χ1) is 15.4. The van der Waals surface area contributed by atoms with Gasteiger partial charge in [0.15, 0.2) is 4.80 Å². The van der Waals surface area contributed by atoms with E-state index >= 15 is 0 Å². The number of nitro groups is 1. The summed E-state index contributed by atoms with van der Waals surface area (Å²) in [6.07, 6.45) is 0.986. The molecule has 0 atom stereocenters. The third-order valence-corrected chi connectivity index (χ3v) is 6.55. The van der Waals surface area contributed by atoms with Gasteiger partial charge in [-0.15, -0.1) is 11.3 Å². The Labute approximate surface area is 194 Å². The summed E-state index contributed by atoms with van der Waals surface area (Å²) in [5.41, 5.74) is 4.12. The molecule has 0 N–H and O–H groups in total. The monoisotopic (exact) mass is 452 g/mol. The van der Waals surface area contributed by atoms with Crippen LogP contribution in [0.15, 0.2) is 58.9 Å². The Hall–Kier alpha value is -2.77. The van der Waals surface area contributed by atoms with Gasteiger partial charge in [0.25, 0.3) is 5.69 Å². The van der Waals surface area contributed by atoms with E-state index in [0.717, 1.165) is 54.3 Å². The molecule has 7 heteroatoms. The number of rotatable bonds is 10. The van der Waals surface area contributed by atoms with Crippen LogP contribution < -0.4 is 4.80 Å². The first kappa shape index (κ1) is 23.9. The highest BCUT2D eigenvalue weighted by atomic mass is 32.1. The van der Waals surface area contributed by atoms with Crippen LogP contribution >= 0.6 is 11.3 Å². The highest BCUT2D eigenvalue weighted by molar-refractivity contribution is 7.07. The second-order valence-corrected chi connectivity index (χ2v) is 8.94. The first-order valence-electron chi connectivity index (χ1n) is 11.2. The minimum absolute atomic E-state index is 0.103. The Balaban J connectivity index is 1.99. The SMILES string of the molecule is CCN(CC)CCCn1c(-c2cccc([N+](=O)[O-])c2)csc1=Nc1ccc(C(C)C)cc1. The summed E-state index contributed by atoms with van der Waals surface area (Å²) in [6.45, 7) is 12.6. The average Bonchev–Trinajstić information content (AvgIpc) is 3.19. The second-order valence-electron chi connectivity index (χ2n) is 8.10. The molecule has 0 aliphatic carbocycles. The number of hydrogen-bond acceptors (Lipinski definition) is 5. The zero-order valence-corrected chi connectivity index (χ0v) is 20.1. The van der Waals surface area contributed by atoms with Crippen LogP contribution in [0.3, 0.4) is 0 Å². The lowest BCUT2D eigenvalue weighted by Crippen LogP contribution is -2.26. The van der Waals surface area contributed by atoms with Crippen molar-refractivity contribution < 1.29 is 4.92 Å². The number of nitrogens with zero attached hydrogens (tertiary/aromatic N) is 4. The van der Waals surface area contributed by atoms with Gasteiger partial charge in [-0.05, 0) is 49.7 Å². The molecule has 3 aromatic rings. The molecule has 32 heavy (non-hydrogen) atoms. The molecule has 1 aromatic heterocycles. The summed E-state index contributed by atoms with van der Waals surface area (Å²) in [7, 11) is 0. The van der Waals surface area contributed by atoms with E-state index in [9.17, 15) is 10.1 Å². The molecule has 3 rings (SSSR count). The lowest BCUT2D eigenvalue weighted by atomic mass is 10.0. The Kier molecular flexibility index (Phi) is 8.36. The molecule has 0 amide bonds. The van der Waals surface area contributed by atoms with Gasteiger partial charge in [-0.1, -0.05) is 52.0 Å². The van der Waals surface area contributed by atoms with E-state index < -0.39 is 0 Å². The molecule has 1 heterocycles. The second kappa shape index (κ2) is 11.2. The summed E-state index contributed by atoms with van der Waals surface area (Å²) < 4.78 is 2.20. The lowest BCUT2D eigenvalue weighted by Gasteiger charge is -2.18. The van der Waals surface area contributed by atoms with Crippen molar-refractivity contribution in [1.82, 2.24) is 9.47 Å². The average molecular weight is 453 g/mol. The van der Waals surface area contributed by atoms with Crippen molar-refractivity contribution in [3.8, 4) is 11.3 Å². The molecule has 6 nitrogen and oxygen atoms in total. The van der Waals surface area contributed by atoms with E-state index in [4.69, 9.17) is 4.99 Å². The van der Waals surface area contributed by atoms with Crippen molar-refractivity contribution in [1.29, 1.82) is 0 Å². The zero-order chi connectivity index (χ0) is 23.1. The van der Waals surface area contributed by atoms with E-state index in [1.807, 2.05) is 6.07 Å². The molecule has 0 unspecified atom stereocenters. The van der Waals surface area contributed by atoms with Crippen LogP contribution in [0.25, 0.3) is 11.3 Å². The van der Waals surface area contributed by atoms with Gasteiger partial charge in [0.1, 0.15) is 0 Å². The molecular formula is C25H32N4O2S. The molecule has 0 aliphatic heterocycles. The summed E-state index contributed by atoms with van der Waals surface area (Å²) in [4.78, 5) is 19.2. The molecule has 170 valence electrons. The third-order valence-electron chi connectivity index (χ3n) is 5.69. The molecule has 0 saturated heterocycles. The predicted octanol–water partition coefficient (Wildman–Crippen LogP) is 6.21. The number of aromatic nitrogens is 1. The number of nitro benzene ring substituents is 1. The van der Waals surface area contributed by atoms with Gasteiger partial charge >= 0.3 is 0 Å². The fourth-order valence-corrected chi connectivity index (χ4v) is 4.64. The molecule has 0 bridgehead atoms. The van der Waals surface area contributed by atoms with Crippen LogP contribution in [0.2, 0.25) is 0 Å². The molecule has 0 fully saturated rings. The number of hydrogen-bond donors (Lipinski definition) is 0. The standard InChI is InChI=1S/C25H32N4O2S/c1-5-27(6-2)15-8-16-28-24(21-9-7-10-23(17-21)29(30)31)18-32-25(28)26-22-13-11-20(12-14-22)19(3)4/h7,9-14,17-19H,5-6,8,15-16H2,1-4H3. The van der Waals surface area contributed by atoms with Crippen LogP contribution in [-0.4, -0.2) is 34.0 Å². The lowest BCUT2D eigenvalue weighted by molar-refractivity contribution is -0.384. The van der Waals surface area contributed by atoms with Crippen molar-refractivity contribution in [2.24, 2.45) is 4.99 Å². The molecule has 0 spiro atoms. The highest BCUT2D eigenvalue weighted by Gasteiger charge is 2.13. The van der Waals surface area contributed by atoms with Gasteiger partial charge in [0, 0.05) is 29.6 Å². The van der Waals surface area contributed by atoms with Crippen molar-refractivity contribution >= 4 is 22.7 Å². The summed E-state index contributed by atoms with van der Waals surface area (Å²) in [5, 5.41) is 13.3. The van der Waals surface area contributed by atoms with E-state index in [1.54, 1.807) is 23.5 Å². The minimum atomic E-state index is -0.345. The molecular weight excluding hydrogens is 420 g/mol. The maximum Gasteiger partial charge on any atom is 0.270 e. The van der Waals surface area contributed by atoms with Crippen molar-refractivity contribution in [3.05, 3.63) is 74.4 Å². The molecule has 2 aromatic carbocycles.